The standard InChI is InChI=1S/C15H11Cl2N3/c16-11-7-5-10(6-8-11)15-13(18)9-20(19-15)14-4-2-1-3-12(14)17/h1-9H,18H2. The number of rotatable bonds is 2. The van der Waals surface area contributed by atoms with Crippen molar-refractivity contribution in [2.75, 3.05) is 5.73 Å². The van der Waals surface area contributed by atoms with Gasteiger partial charge in [0.15, 0.2) is 0 Å². The predicted octanol–water partition coefficient (Wildman–Crippen LogP) is 4.43. The maximum atomic E-state index is 6.17. The summed E-state index contributed by atoms with van der Waals surface area (Å²) in [6.45, 7) is 0. The van der Waals surface area contributed by atoms with Crippen molar-refractivity contribution in [1.29, 1.82) is 0 Å². The van der Waals surface area contributed by atoms with E-state index in [-0.39, 0.29) is 0 Å². The molecule has 1 heterocycles. The first-order valence-corrected chi connectivity index (χ1v) is 6.77. The normalized spacial score (nSPS) is 10.7. The summed E-state index contributed by atoms with van der Waals surface area (Å²) in [5.41, 5.74) is 9.05. The van der Waals surface area contributed by atoms with Crippen LogP contribution < -0.4 is 5.73 Å². The minimum absolute atomic E-state index is 0.590. The Bertz CT molecular complexity index is 748. The molecule has 2 aromatic carbocycles. The third-order valence-corrected chi connectivity index (χ3v) is 3.53. The first-order chi connectivity index (χ1) is 9.65. The van der Waals surface area contributed by atoms with Gasteiger partial charge >= 0.3 is 0 Å². The van der Waals surface area contributed by atoms with Crippen molar-refractivity contribution < 1.29 is 0 Å². The van der Waals surface area contributed by atoms with Gasteiger partial charge in [0.2, 0.25) is 0 Å². The molecule has 0 atom stereocenters. The molecule has 100 valence electrons. The molecule has 3 aromatic rings. The van der Waals surface area contributed by atoms with E-state index in [9.17, 15) is 0 Å². The molecule has 0 aliphatic rings. The second kappa shape index (κ2) is 5.19. The Kier molecular flexibility index (Phi) is 3.38. The summed E-state index contributed by atoms with van der Waals surface area (Å²) in [5, 5.41) is 5.81. The quantitative estimate of drug-likeness (QED) is 0.761. The van der Waals surface area contributed by atoms with E-state index in [1.165, 1.54) is 0 Å². The van der Waals surface area contributed by atoms with Crippen LogP contribution >= 0.6 is 23.2 Å². The zero-order valence-corrected chi connectivity index (χ0v) is 11.9. The lowest BCUT2D eigenvalue weighted by molar-refractivity contribution is 0.885. The van der Waals surface area contributed by atoms with Gasteiger partial charge in [-0.25, -0.2) is 4.68 Å². The minimum Gasteiger partial charge on any atom is -0.396 e. The second-order valence-electron chi connectivity index (χ2n) is 4.34. The summed E-state index contributed by atoms with van der Waals surface area (Å²) in [5.74, 6) is 0. The molecule has 0 unspecified atom stereocenters. The molecule has 0 fully saturated rings. The first kappa shape index (κ1) is 13.0. The Morgan fingerprint density at radius 3 is 2.35 bits per heavy atom. The first-order valence-electron chi connectivity index (χ1n) is 6.01. The van der Waals surface area contributed by atoms with Gasteiger partial charge in [-0.05, 0) is 24.3 Å². The third-order valence-electron chi connectivity index (χ3n) is 2.96. The summed E-state index contributed by atoms with van der Waals surface area (Å²) in [7, 11) is 0. The molecule has 0 aliphatic carbocycles. The van der Waals surface area contributed by atoms with Crippen LogP contribution in [0.2, 0.25) is 10.0 Å². The fourth-order valence-electron chi connectivity index (χ4n) is 1.98. The molecule has 20 heavy (non-hydrogen) atoms. The van der Waals surface area contributed by atoms with Crippen LogP contribution in [0.1, 0.15) is 0 Å². The maximum absolute atomic E-state index is 6.17. The van der Waals surface area contributed by atoms with E-state index in [4.69, 9.17) is 28.9 Å². The van der Waals surface area contributed by atoms with Crippen molar-refractivity contribution in [3.8, 4) is 16.9 Å². The van der Waals surface area contributed by atoms with E-state index >= 15 is 0 Å². The lowest BCUT2D eigenvalue weighted by Gasteiger charge is -2.03. The average molecular weight is 304 g/mol. The molecule has 3 nitrogen and oxygen atoms in total. The molecular weight excluding hydrogens is 293 g/mol. The molecule has 0 amide bonds. The summed E-state index contributed by atoms with van der Waals surface area (Å²) in [4.78, 5) is 0. The summed E-state index contributed by atoms with van der Waals surface area (Å²) in [6, 6.07) is 14.9. The van der Waals surface area contributed by atoms with Crippen LogP contribution in [0.5, 0.6) is 0 Å². The summed E-state index contributed by atoms with van der Waals surface area (Å²) < 4.78 is 1.68. The van der Waals surface area contributed by atoms with Gasteiger partial charge in [0, 0.05) is 10.6 Å². The number of nitrogens with two attached hydrogens (primary N) is 1. The van der Waals surface area contributed by atoms with Crippen molar-refractivity contribution >= 4 is 28.9 Å². The number of nitrogen functional groups attached to an aromatic ring is 1. The summed E-state index contributed by atoms with van der Waals surface area (Å²) >= 11 is 12.1. The fourth-order valence-corrected chi connectivity index (χ4v) is 2.33. The lowest BCUT2D eigenvalue weighted by atomic mass is 10.1. The highest BCUT2D eigenvalue weighted by molar-refractivity contribution is 6.32. The molecule has 0 saturated heterocycles. The van der Waals surface area contributed by atoms with Crippen molar-refractivity contribution in [3.05, 3.63) is 64.8 Å². The lowest BCUT2D eigenvalue weighted by Crippen LogP contribution is -1.95. The van der Waals surface area contributed by atoms with Crippen LogP contribution in [-0.4, -0.2) is 9.78 Å². The number of halogens is 2. The van der Waals surface area contributed by atoms with Gasteiger partial charge in [0.25, 0.3) is 0 Å². The van der Waals surface area contributed by atoms with E-state index in [1.54, 1.807) is 10.9 Å². The Labute approximate surface area is 126 Å². The highest BCUT2D eigenvalue weighted by Crippen LogP contribution is 2.28. The number of nitrogens with zero attached hydrogens (tertiary/aromatic N) is 2. The zero-order valence-electron chi connectivity index (χ0n) is 10.4. The smallest absolute Gasteiger partial charge is 0.116 e. The molecule has 5 heteroatoms. The largest absolute Gasteiger partial charge is 0.396 e. The zero-order chi connectivity index (χ0) is 14.1. The van der Waals surface area contributed by atoms with Crippen LogP contribution in [0.15, 0.2) is 54.7 Å². The maximum Gasteiger partial charge on any atom is 0.116 e. The Hall–Kier alpha value is -1.97. The van der Waals surface area contributed by atoms with Gasteiger partial charge in [-0.2, -0.15) is 5.10 Å². The van der Waals surface area contributed by atoms with E-state index in [2.05, 4.69) is 5.10 Å². The van der Waals surface area contributed by atoms with Crippen molar-refractivity contribution in [1.82, 2.24) is 9.78 Å². The van der Waals surface area contributed by atoms with Crippen molar-refractivity contribution in [3.63, 3.8) is 0 Å². The van der Waals surface area contributed by atoms with Crippen LogP contribution in [0.4, 0.5) is 5.69 Å². The highest BCUT2D eigenvalue weighted by Gasteiger charge is 2.11. The molecule has 1 aromatic heterocycles. The number of anilines is 1. The molecule has 0 bridgehead atoms. The SMILES string of the molecule is Nc1cn(-c2ccccc2Cl)nc1-c1ccc(Cl)cc1. The van der Waals surface area contributed by atoms with Crippen LogP contribution in [0.3, 0.4) is 0 Å². The second-order valence-corrected chi connectivity index (χ2v) is 5.18. The molecule has 0 saturated carbocycles. The average Bonchev–Trinajstić information content (AvgIpc) is 2.82. The van der Waals surface area contributed by atoms with E-state index in [1.807, 2.05) is 48.5 Å². The van der Waals surface area contributed by atoms with Gasteiger partial charge in [-0.1, -0.05) is 47.5 Å². The molecule has 3 rings (SSSR count). The fraction of sp³-hybridized carbons (Fsp3) is 0. The number of aromatic nitrogens is 2. The Balaban J connectivity index is 2.08. The number of hydrogen-bond donors (Lipinski definition) is 1. The predicted molar refractivity (Wildman–Crippen MR) is 83.4 cm³/mol. The molecule has 0 radical (unpaired) electrons. The number of para-hydroxylation sites is 1. The highest BCUT2D eigenvalue weighted by atomic mass is 35.5. The van der Waals surface area contributed by atoms with Gasteiger partial charge in [-0.3, -0.25) is 0 Å². The van der Waals surface area contributed by atoms with Crippen molar-refractivity contribution in [2.24, 2.45) is 0 Å². The van der Waals surface area contributed by atoms with Gasteiger partial charge < -0.3 is 5.73 Å². The van der Waals surface area contributed by atoms with Crippen LogP contribution in [0.25, 0.3) is 16.9 Å². The molecular formula is C15H11Cl2N3. The Morgan fingerprint density at radius 2 is 1.65 bits per heavy atom. The number of benzene rings is 2. The molecule has 0 aliphatic heterocycles. The van der Waals surface area contributed by atoms with Gasteiger partial charge in [0.05, 0.1) is 22.6 Å². The summed E-state index contributed by atoms with van der Waals surface area (Å²) in [6.07, 6.45) is 1.76. The monoisotopic (exact) mass is 303 g/mol. The molecule has 0 spiro atoms. The van der Waals surface area contributed by atoms with Crippen molar-refractivity contribution in [2.45, 2.75) is 0 Å². The van der Waals surface area contributed by atoms with Crippen LogP contribution in [0, 0.1) is 0 Å². The van der Waals surface area contributed by atoms with Crippen LogP contribution in [-0.2, 0) is 0 Å². The van der Waals surface area contributed by atoms with Gasteiger partial charge in [-0.15, -0.1) is 0 Å². The third kappa shape index (κ3) is 2.38. The minimum atomic E-state index is 0.590. The van der Waals surface area contributed by atoms with E-state index in [0.717, 1.165) is 11.3 Å². The van der Waals surface area contributed by atoms with E-state index in [0.29, 0.717) is 21.4 Å². The molecule has 2 N–H and O–H groups in total. The number of hydrogen-bond acceptors (Lipinski definition) is 2. The topological polar surface area (TPSA) is 43.8 Å². The van der Waals surface area contributed by atoms with Gasteiger partial charge in [0.1, 0.15) is 5.69 Å². The Morgan fingerprint density at radius 1 is 0.950 bits per heavy atom. The van der Waals surface area contributed by atoms with E-state index < -0.39 is 0 Å².